The van der Waals surface area contributed by atoms with Crippen molar-refractivity contribution in [1.82, 2.24) is 19.5 Å². The molecular formula is C24H17BrFN5O. The van der Waals surface area contributed by atoms with Gasteiger partial charge in [0.2, 0.25) is 0 Å². The topological polar surface area (TPSA) is 89.9 Å². The molecule has 5 rings (SSSR count). The van der Waals surface area contributed by atoms with Crippen molar-refractivity contribution in [2.24, 2.45) is 0 Å². The molecule has 0 bridgehead atoms. The van der Waals surface area contributed by atoms with Crippen molar-refractivity contribution in [3.63, 3.8) is 0 Å². The molecule has 158 valence electrons. The SMILES string of the molecule is Nc1ncccc1-c1nc2cc(Br)c(-c3ccc(F)cc3)nc2n1-c1ccc(CO)cc1. The molecule has 0 saturated heterocycles. The molecule has 0 atom stereocenters. The summed E-state index contributed by atoms with van der Waals surface area (Å²) in [7, 11) is 0. The predicted octanol–water partition coefficient (Wildman–Crippen LogP) is 5.13. The minimum Gasteiger partial charge on any atom is -0.392 e. The van der Waals surface area contributed by atoms with Crippen molar-refractivity contribution in [3.05, 3.63) is 88.8 Å². The van der Waals surface area contributed by atoms with Gasteiger partial charge in [-0.15, -0.1) is 0 Å². The summed E-state index contributed by atoms with van der Waals surface area (Å²) >= 11 is 3.58. The molecule has 0 unspecified atom stereocenters. The standard InChI is InChI=1S/C24H17BrFN5O/c25-19-12-20-24(30-21(19)15-5-7-16(26)8-6-15)31(17-9-3-14(13-32)4-10-17)23(29-20)18-2-1-11-28-22(18)27/h1-12,32H,13H2,(H2,27,28). The third-order valence-corrected chi connectivity index (χ3v) is 5.77. The minimum absolute atomic E-state index is 0.0483. The number of benzene rings is 2. The van der Waals surface area contributed by atoms with Crippen LogP contribution in [-0.4, -0.2) is 24.6 Å². The molecule has 6 nitrogen and oxygen atoms in total. The molecule has 2 aromatic carbocycles. The number of aliphatic hydroxyl groups excluding tert-OH is 1. The smallest absolute Gasteiger partial charge is 0.165 e. The summed E-state index contributed by atoms with van der Waals surface area (Å²) in [5.74, 6) is 0.640. The highest BCUT2D eigenvalue weighted by Crippen LogP contribution is 2.35. The second-order valence-electron chi connectivity index (χ2n) is 7.20. The zero-order chi connectivity index (χ0) is 22.2. The number of hydrogen-bond donors (Lipinski definition) is 2. The molecule has 3 N–H and O–H groups in total. The Morgan fingerprint density at radius 3 is 2.44 bits per heavy atom. The van der Waals surface area contributed by atoms with Gasteiger partial charge in [-0.1, -0.05) is 12.1 Å². The van der Waals surface area contributed by atoms with Crippen LogP contribution in [-0.2, 0) is 6.61 Å². The summed E-state index contributed by atoms with van der Waals surface area (Å²) in [5.41, 5.74) is 11.2. The molecule has 0 aliphatic rings. The van der Waals surface area contributed by atoms with E-state index in [1.54, 1.807) is 24.4 Å². The fourth-order valence-electron chi connectivity index (χ4n) is 3.57. The number of nitrogens with zero attached hydrogens (tertiary/aromatic N) is 4. The van der Waals surface area contributed by atoms with Crippen LogP contribution in [0.1, 0.15) is 5.56 Å². The van der Waals surface area contributed by atoms with Gasteiger partial charge in [-0.3, -0.25) is 4.57 Å². The van der Waals surface area contributed by atoms with E-state index in [9.17, 15) is 9.50 Å². The maximum atomic E-state index is 13.5. The van der Waals surface area contributed by atoms with Gasteiger partial charge in [-0.2, -0.15) is 0 Å². The summed E-state index contributed by atoms with van der Waals surface area (Å²) in [4.78, 5) is 13.9. The molecule has 0 radical (unpaired) electrons. The van der Waals surface area contributed by atoms with E-state index in [1.165, 1.54) is 12.1 Å². The van der Waals surface area contributed by atoms with Crippen molar-refractivity contribution in [3.8, 4) is 28.3 Å². The van der Waals surface area contributed by atoms with E-state index in [2.05, 4.69) is 20.9 Å². The lowest BCUT2D eigenvalue weighted by molar-refractivity contribution is 0.282. The van der Waals surface area contributed by atoms with Crippen LogP contribution in [0.15, 0.2) is 77.4 Å². The van der Waals surface area contributed by atoms with Crippen LogP contribution in [0.4, 0.5) is 10.2 Å². The lowest BCUT2D eigenvalue weighted by Gasteiger charge is -2.11. The number of pyridine rings is 2. The molecule has 5 aromatic rings. The highest BCUT2D eigenvalue weighted by molar-refractivity contribution is 9.10. The second-order valence-corrected chi connectivity index (χ2v) is 8.05. The van der Waals surface area contributed by atoms with Crippen LogP contribution in [0.2, 0.25) is 0 Å². The summed E-state index contributed by atoms with van der Waals surface area (Å²) in [6.07, 6.45) is 1.63. The molecule has 8 heteroatoms. The third kappa shape index (κ3) is 3.53. The predicted molar refractivity (Wildman–Crippen MR) is 126 cm³/mol. The van der Waals surface area contributed by atoms with Crippen LogP contribution >= 0.6 is 15.9 Å². The van der Waals surface area contributed by atoms with E-state index in [1.807, 2.05) is 41.0 Å². The first-order chi connectivity index (χ1) is 15.5. The Morgan fingerprint density at radius 1 is 1.00 bits per heavy atom. The van der Waals surface area contributed by atoms with Crippen LogP contribution < -0.4 is 5.73 Å². The first kappa shape index (κ1) is 20.3. The average Bonchev–Trinajstić information content (AvgIpc) is 3.17. The Labute approximate surface area is 191 Å². The van der Waals surface area contributed by atoms with E-state index in [-0.39, 0.29) is 12.4 Å². The largest absolute Gasteiger partial charge is 0.392 e. The average molecular weight is 490 g/mol. The molecule has 0 amide bonds. The van der Waals surface area contributed by atoms with Gasteiger partial charge < -0.3 is 10.8 Å². The molecular weight excluding hydrogens is 473 g/mol. The van der Waals surface area contributed by atoms with E-state index in [4.69, 9.17) is 15.7 Å². The molecule has 0 saturated carbocycles. The second kappa shape index (κ2) is 8.14. The monoisotopic (exact) mass is 489 g/mol. The van der Waals surface area contributed by atoms with Gasteiger partial charge in [0.15, 0.2) is 11.5 Å². The number of rotatable bonds is 4. The van der Waals surface area contributed by atoms with Crippen LogP contribution in [0.5, 0.6) is 0 Å². The van der Waals surface area contributed by atoms with Crippen LogP contribution in [0.3, 0.4) is 0 Å². The van der Waals surface area contributed by atoms with Crippen molar-refractivity contribution < 1.29 is 9.50 Å². The number of aliphatic hydroxyl groups is 1. The Hall–Kier alpha value is -3.62. The number of halogens is 2. The van der Waals surface area contributed by atoms with Crippen molar-refractivity contribution in [1.29, 1.82) is 0 Å². The third-order valence-electron chi connectivity index (χ3n) is 5.16. The van der Waals surface area contributed by atoms with Gasteiger partial charge in [0.25, 0.3) is 0 Å². The summed E-state index contributed by atoms with van der Waals surface area (Å²) in [6, 6.07) is 19.2. The van der Waals surface area contributed by atoms with Crippen LogP contribution in [0.25, 0.3) is 39.5 Å². The van der Waals surface area contributed by atoms with Gasteiger partial charge in [-0.05, 0) is 76.1 Å². The number of fused-ring (bicyclic) bond motifs is 1. The molecule has 0 aliphatic heterocycles. The first-order valence-corrected chi connectivity index (χ1v) is 10.6. The lowest BCUT2D eigenvalue weighted by Crippen LogP contribution is -2.02. The zero-order valence-electron chi connectivity index (χ0n) is 16.7. The lowest BCUT2D eigenvalue weighted by atomic mass is 10.1. The Kier molecular flexibility index (Phi) is 5.16. The first-order valence-electron chi connectivity index (χ1n) is 9.81. The molecule has 0 aliphatic carbocycles. The molecule has 3 aromatic heterocycles. The fourth-order valence-corrected chi connectivity index (χ4v) is 4.11. The number of imidazole rings is 1. The Morgan fingerprint density at radius 2 is 1.75 bits per heavy atom. The molecule has 32 heavy (non-hydrogen) atoms. The van der Waals surface area contributed by atoms with E-state index in [0.717, 1.165) is 21.3 Å². The summed E-state index contributed by atoms with van der Waals surface area (Å²) in [5, 5.41) is 9.42. The highest BCUT2D eigenvalue weighted by Gasteiger charge is 2.20. The van der Waals surface area contributed by atoms with Crippen molar-refractivity contribution in [2.45, 2.75) is 6.61 Å². The van der Waals surface area contributed by atoms with E-state index in [0.29, 0.717) is 34.1 Å². The summed E-state index contributed by atoms with van der Waals surface area (Å²) in [6.45, 7) is -0.0483. The van der Waals surface area contributed by atoms with Gasteiger partial charge in [0, 0.05) is 21.9 Å². The number of nitrogens with two attached hydrogens (primary N) is 1. The molecule has 0 fully saturated rings. The maximum absolute atomic E-state index is 13.5. The van der Waals surface area contributed by atoms with Gasteiger partial charge >= 0.3 is 0 Å². The normalized spacial score (nSPS) is 11.2. The number of aromatic nitrogens is 4. The zero-order valence-corrected chi connectivity index (χ0v) is 18.3. The summed E-state index contributed by atoms with van der Waals surface area (Å²) < 4.78 is 16.1. The van der Waals surface area contributed by atoms with Crippen LogP contribution in [0, 0.1) is 5.82 Å². The number of anilines is 1. The van der Waals surface area contributed by atoms with Crippen molar-refractivity contribution in [2.75, 3.05) is 5.73 Å². The van der Waals surface area contributed by atoms with E-state index < -0.39 is 0 Å². The molecule has 3 heterocycles. The highest BCUT2D eigenvalue weighted by atomic mass is 79.9. The fraction of sp³-hybridized carbons (Fsp3) is 0.0417. The molecule has 0 spiro atoms. The Balaban J connectivity index is 1.81. The number of hydrogen-bond acceptors (Lipinski definition) is 5. The number of nitrogen functional groups attached to an aromatic ring is 1. The maximum Gasteiger partial charge on any atom is 0.165 e. The minimum atomic E-state index is -0.311. The van der Waals surface area contributed by atoms with Crippen molar-refractivity contribution >= 4 is 32.9 Å². The van der Waals surface area contributed by atoms with Gasteiger partial charge in [0.05, 0.1) is 17.9 Å². The van der Waals surface area contributed by atoms with E-state index >= 15 is 0 Å². The quantitative estimate of drug-likeness (QED) is 0.365. The van der Waals surface area contributed by atoms with Gasteiger partial charge in [-0.25, -0.2) is 19.3 Å². The van der Waals surface area contributed by atoms with Gasteiger partial charge in [0.1, 0.15) is 17.2 Å². The Bertz CT molecular complexity index is 1430.